The summed E-state index contributed by atoms with van der Waals surface area (Å²) in [7, 11) is 0. The smallest absolute Gasteiger partial charge is 0.147 e. The van der Waals surface area contributed by atoms with Gasteiger partial charge in [0.2, 0.25) is 0 Å². The van der Waals surface area contributed by atoms with Crippen LogP contribution in [0.3, 0.4) is 0 Å². The minimum absolute atomic E-state index is 0.0706. The SMILES string of the molecule is CC1CCC(CNCC(C(N)=NO)c2ccccc2)CC1. The van der Waals surface area contributed by atoms with Crippen molar-refractivity contribution in [2.24, 2.45) is 22.7 Å². The van der Waals surface area contributed by atoms with E-state index >= 15 is 0 Å². The van der Waals surface area contributed by atoms with Crippen LogP contribution in [-0.2, 0) is 0 Å². The molecular formula is C17H27N3O. The van der Waals surface area contributed by atoms with Gasteiger partial charge in [0, 0.05) is 6.54 Å². The molecule has 116 valence electrons. The minimum Gasteiger partial charge on any atom is -0.409 e. The zero-order valence-corrected chi connectivity index (χ0v) is 12.8. The molecule has 1 aromatic carbocycles. The highest BCUT2D eigenvalue weighted by Gasteiger charge is 2.20. The maximum absolute atomic E-state index is 8.98. The monoisotopic (exact) mass is 289 g/mol. The molecular weight excluding hydrogens is 262 g/mol. The van der Waals surface area contributed by atoms with E-state index in [1.165, 1.54) is 25.7 Å². The fourth-order valence-corrected chi connectivity index (χ4v) is 3.11. The summed E-state index contributed by atoms with van der Waals surface area (Å²) in [4.78, 5) is 0. The van der Waals surface area contributed by atoms with Gasteiger partial charge in [0.25, 0.3) is 0 Å². The number of amidine groups is 1. The van der Waals surface area contributed by atoms with Crippen LogP contribution in [0.1, 0.15) is 44.1 Å². The van der Waals surface area contributed by atoms with Crippen LogP contribution in [0.4, 0.5) is 0 Å². The first-order valence-electron chi connectivity index (χ1n) is 7.93. The molecule has 2 rings (SSSR count). The molecule has 0 bridgehead atoms. The summed E-state index contributed by atoms with van der Waals surface area (Å²) in [6.45, 7) is 4.08. The van der Waals surface area contributed by atoms with E-state index in [-0.39, 0.29) is 11.8 Å². The maximum Gasteiger partial charge on any atom is 0.147 e. The van der Waals surface area contributed by atoms with Gasteiger partial charge in [0.1, 0.15) is 5.84 Å². The van der Waals surface area contributed by atoms with Crippen LogP contribution >= 0.6 is 0 Å². The van der Waals surface area contributed by atoms with Gasteiger partial charge in [0.15, 0.2) is 0 Å². The Morgan fingerprint density at radius 1 is 1.29 bits per heavy atom. The van der Waals surface area contributed by atoms with E-state index in [1.807, 2.05) is 30.3 Å². The second-order valence-corrected chi connectivity index (χ2v) is 6.27. The first-order chi connectivity index (χ1) is 10.2. The quantitative estimate of drug-likeness (QED) is 0.326. The van der Waals surface area contributed by atoms with Crippen LogP contribution in [-0.4, -0.2) is 24.1 Å². The Labute approximate surface area is 127 Å². The van der Waals surface area contributed by atoms with E-state index in [0.29, 0.717) is 6.54 Å². The van der Waals surface area contributed by atoms with Crippen LogP contribution in [0, 0.1) is 11.8 Å². The van der Waals surface area contributed by atoms with Crippen LogP contribution in [0.25, 0.3) is 0 Å². The van der Waals surface area contributed by atoms with Gasteiger partial charge in [-0.05, 0) is 36.8 Å². The Hall–Kier alpha value is -1.55. The van der Waals surface area contributed by atoms with E-state index in [9.17, 15) is 0 Å². The van der Waals surface area contributed by atoms with Gasteiger partial charge in [-0.15, -0.1) is 0 Å². The molecule has 1 fully saturated rings. The molecule has 0 saturated heterocycles. The van der Waals surface area contributed by atoms with E-state index in [0.717, 1.165) is 23.9 Å². The Bertz CT molecular complexity index is 439. The van der Waals surface area contributed by atoms with E-state index in [2.05, 4.69) is 17.4 Å². The summed E-state index contributed by atoms with van der Waals surface area (Å²) in [5.74, 6) is 1.85. The Kier molecular flexibility index (Phi) is 6.05. The zero-order chi connectivity index (χ0) is 15.1. The third kappa shape index (κ3) is 4.74. The minimum atomic E-state index is -0.0706. The second-order valence-electron chi connectivity index (χ2n) is 6.27. The normalized spacial score (nSPS) is 24.7. The third-order valence-corrected chi connectivity index (χ3v) is 4.59. The summed E-state index contributed by atoms with van der Waals surface area (Å²) in [5, 5.41) is 15.7. The number of hydrogen-bond acceptors (Lipinski definition) is 3. The lowest BCUT2D eigenvalue weighted by atomic mass is 9.83. The van der Waals surface area contributed by atoms with Crippen molar-refractivity contribution in [3.63, 3.8) is 0 Å². The number of benzene rings is 1. The van der Waals surface area contributed by atoms with Gasteiger partial charge in [-0.1, -0.05) is 55.3 Å². The van der Waals surface area contributed by atoms with Gasteiger partial charge in [-0.25, -0.2) is 0 Å². The maximum atomic E-state index is 8.98. The Balaban J connectivity index is 1.85. The lowest BCUT2D eigenvalue weighted by Crippen LogP contribution is -2.34. The molecule has 1 aliphatic rings. The molecule has 21 heavy (non-hydrogen) atoms. The molecule has 0 radical (unpaired) electrons. The topological polar surface area (TPSA) is 70.6 Å². The van der Waals surface area contributed by atoms with Crippen LogP contribution in [0.2, 0.25) is 0 Å². The first-order valence-corrected chi connectivity index (χ1v) is 7.93. The lowest BCUT2D eigenvalue weighted by Gasteiger charge is -2.27. The number of nitrogens with zero attached hydrogens (tertiary/aromatic N) is 1. The zero-order valence-electron chi connectivity index (χ0n) is 12.8. The molecule has 1 atom stereocenters. The molecule has 0 heterocycles. The van der Waals surface area contributed by atoms with E-state index in [4.69, 9.17) is 10.9 Å². The highest BCUT2D eigenvalue weighted by atomic mass is 16.4. The average molecular weight is 289 g/mol. The molecule has 0 amide bonds. The Morgan fingerprint density at radius 3 is 2.57 bits per heavy atom. The van der Waals surface area contributed by atoms with Crippen LogP contribution in [0.5, 0.6) is 0 Å². The van der Waals surface area contributed by atoms with E-state index in [1.54, 1.807) is 0 Å². The molecule has 1 saturated carbocycles. The molecule has 1 aliphatic carbocycles. The van der Waals surface area contributed by atoms with Crippen molar-refractivity contribution in [3.8, 4) is 0 Å². The van der Waals surface area contributed by atoms with Gasteiger partial charge in [-0.2, -0.15) is 0 Å². The summed E-state index contributed by atoms with van der Waals surface area (Å²) in [6.07, 6.45) is 5.31. The fourth-order valence-electron chi connectivity index (χ4n) is 3.11. The van der Waals surface area contributed by atoms with Crippen molar-refractivity contribution in [2.75, 3.05) is 13.1 Å². The molecule has 0 spiro atoms. The number of nitrogens with two attached hydrogens (primary N) is 1. The fraction of sp³-hybridized carbons (Fsp3) is 0.588. The lowest BCUT2D eigenvalue weighted by molar-refractivity contribution is 0.281. The standard InChI is InChI=1S/C17H27N3O/c1-13-7-9-14(10-8-13)11-19-12-16(17(18)20-21)15-5-3-2-4-6-15/h2-6,13-14,16,19,21H,7-12H2,1H3,(H2,18,20). The molecule has 0 aromatic heterocycles. The highest BCUT2D eigenvalue weighted by molar-refractivity contribution is 5.87. The number of rotatable bonds is 6. The molecule has 1 unspecified atom stereocenters. The van der Waals surface area contributed by atoms with Crippen molar-refractivity contribution in [2.45, 2.75) is 38.5 Å². The van der Waals surface area contributed by atoms with Gasteiger partial charge < -0.3 is 16.3 Å². The van der Waals surface area contributed by atoms with Gasteiger partial charge >= 0.3 is 0 Å². The summed E-state index contributed by atoms with van der Waals surface area (Å²) >= 11 is 0. The van der Waals surface area contributed by atoms with Crippen molar-refractivity contribution in [1.29, 1.82) is 0 Å². The number of nitrogens with one attached hydrogen (secondary N) is 1. The molecule has 1 aromatic rings. The van der Waals surface area contributed by atoms with Crippen LogP contribution in [0.15, 0.2) is 35.5 Å². The number of hydrogen-bond donors (Lipinski definition) is 3. The molecule has 4 N–H and O–H groups in total. The van der Waals surface area contributed by atoms with Crippen molar-refractivity contribution in [1.82, 2.24) is 5.32 Å². The number of oxime groups is 1. The summed E-state index contributed by atoms with van der Waals surface area (Å²) in [5.41, 5.74) is 6.93. The highest BCUT2D eigenvalue weighted by Crippen LogP contribution is 2.27. The van der Waals surface area contributed by atoms with Crippen molar-refractivity contribution < 1.29 is 5.21 Å². The molecule has 4 nitrogen and oxygen atoms in total. The predicted octanol–water partition coefficient (Wildman–Crippen LogP) is 2.93. The predicted molar refractivity (Wildman–Crippen MR) is 86.6 cm³/mol. The van der Waals surface area contributed by atoms with E-state index < -0.39 is 0 Å². The third-order valence-electron chi connectivity index (χ3n) is 4.59. The Morgan fingerprint density at radius 2 is 1.95 bits per heavy atom. The first kappa shape index (κ1) is 15.8. The average Bonchev–Trinajstić information content (AvgIpc) is 2.53. The summed E-state index contributed by atoms with van der Waals surface area (Å²) in [6, 6.07) is 9.98. The van der Waals surface area contributed by atoms with Crippen molar-refractivity contribution in [3.05, 3.63) is 35.9 Å². The van der Waals surface area contributed by atoms with Gasteiger partial charge in [-0.3, -0.25) is 0 Å². The van der Waals surface area contributed by atoms with Gasteiger partial charge in [0.05, 0.1) is 5.92 Å². The second kappa shape index (κ2) is 8.03. The summed E-state index contributed by atoms with van der Waals surface area (Å²) < 4.78 is 0. The van der Waals surface area contributed by atoms with Crippen molar-refractivity contribution >= 4 is 5.84 Å². The molecule has 4 heteroatoms. The van der Waals surface area contributed by atoms with Crippen LogP contribution < -0.4 is 11.1 Å². The molecule has 0 aliphatic heterocycles. The largest absolute Gasteiger partial charge is 0.409 e.